The Hall–Kier alpha value is -5.79. The summed E-state index contributed by atoms with van der Waals surface area (Å²) in [5.74, 6) is -20.0. The highest BCUT2D eigenvalue weighted by Crippen LogP contribution is 2.49. The number of benzene rings is 5. The number of hydrogen-bond acceptors (Lipinski definition) is 5. The number of oxime groups is 1. The van der Waals surface area contributed by atoms with Gasteiger partial charge < -0.3 is 14.1 Å². The van der Waals surface area contributed by atoms with Crippen LogP contribution >= 0.6 is 0 Å². The summed E-state index contributed by atoms with van der Waals surface area (Å²) in [4.78, 5) is 31.8. The van der Waals surface area contributed by atoms with E-state index in [0.29, 0.717) is 28.4 Å². The molecule has 1 aromatic heterocycles. The van der Waals surface area contributed by atoms with Crippen LogP contribution in [0.3, 0.4) is 0 Å². The van der Waals surface area contributed by atoms with Gasteiger partial charge in [0.05, 0.1) is 5.52 Å². The smallest absolute Gasteiger partial charge is 0.381 e. The summed E-state index contributed by atoms with van der Waals surface area (Å²) >= 11 is 0. The second-order valence-corrected chi connectivity index (χ2v) is 15.7. The van der Waals surface area contributed by atoms with Crippen LogP contribution in [-0.4, -0.2) is 52.8 Å². The molecule has 0 spiro atoms. The molecule has 1 heterocycles. The van der Waals surface area contributed by atoms with Gasteiger partial charge in [0.15, 0.2) is 12.4 Å². The van der Waals surface area contributed by atoms with Crippen molar-refractivity contribution in [1.29, 1.82) is 0 Å². The average Bonchev–Trinajstić information content (AvgIpc) is 3.53. The average molecular weight is 867 g/mol. The molecule has 0 aliphatic carbocycles. The lowest BCUT2D eigenvalue weighted by Gasteiger charge is -2.32. The van der Waals surface area contributed by atoms with Crippen LogP contribution in [0.2, 0.25) is 0 Å². The Morgan fingerprint density at radius 1 is 0.774 bits per heavy atom. The van der Waals surface area contributed by atoms with E-state index in [0.717, 1.165) is 77.2 Å². The molecular weight excluding hydrogens is 821 g/mol. The minimum atomic E-state index is -6.49. The highest BCUT2D eigenvalue weighted by atomic mass is 19.4. The third kappa shape index (κ3) is 8.52. The number of halogens is 8. The maximum atomic E-state index is 14.7. The predicted octanol–water partition coefficient (Wildman–Crippen LogP) is 13.2. The Morgan fingerprint density at radius 2 is 1.42 bits per heavy atom. The fourth-order valence-corrected chi connectivity index (χ4v) is 8.13. The van der Waals surface area contributed by atoms with E-state index in [-0.39, 0.29) is 28.5 Å². The van der Waals surface area contributed by atoms with E-state index in [2.05, 4.69) is 23.6 Å². The minimum Gasteiger partial charge on any atom is -0.486 e. The fraction of sp³-hybridized carbons (Fsp3) is 0.354. The summed E-state index contributed by atoms with van der Waals surface area (Å²) in [6, 6.07) is 23.6. The van der Waals surface area contributed by atoms with E-state index in [1.165, 1.54) is 18.2 Å². The Bertz CT molecular complexity index is 2660. The van der Waals surface area contributed by atoms with Gasteiger partial charge in [-0.25, -0.2) is 13.6 Å². The maximum Gasteiger partial charge on any atom is 0.381 e. The fourth-order valence-electron chi connectivity index (χ4n) is 8.13. The summed E-state index contributed by atoms with van der Waals surface area (Å²) < 4.78 is 118. The van der Waals surface area contributed by atoms with E-state index in [1.54, 1.807) is 18.2 Å². The molecular formula is C48H46F8N2O4. The number of para-hydroxylation sites is 1. The molecule has 0 fully saturated rings. The first-order valence-electron chi connectivity index (χ1n) is 20.3. The number of rotatable bonds is 17. The number of ketones is 1. The number of carbonyl (C=O) groups is 2. The second kappa shape index (κ2) is 17.9. The molecule has 0 saturated heterocycles. The molecule has 5 aromatic carbocycles. The lowest BCUT2D eigenvalue weighted by atomic mass is 9.89. The third-order valence-corrected chi connectivity index (χ3v) is 11.2. The van der Waals surface area contributed by atoms with Crippen molar-refractivity contribution >= 4 is 50.0 Å². The topological polar surface area (TPSA) is 69.9 Å². The van der Waals surface area contributed by atoms with Crippen LogP contribution in [0.5, 0.6) is 5.75 Å². The number of aryl methyl sites for hydroxylation is 3. The van der Waals surface area contributed by atoms with Crippen LogP contribution < -0.4 is 4.74 Å². The maximum absolute atomic E-state index is 14.7. The van der Waals surface area contributed by atoms with Crippen molar-refractivity contribution in [2.24, 2.45) is 11.1 Å². The molecule has 0 saturated carbocycles. The Kier molecular flexibility index (Phi) is 13.2. The number of aromatic nitrogens is 1. The van der Waals surface area contributed by atoms with Crippen LogP contribution in [-0.2, 0) is 16.2 Å². The van der Waals surface area contributed by atoms with Gasteiger partial charge in [0.2, 0.25) is 0 Å². The number of fused-ring (bicyclic) bond motifs is 5. The molecule has 0 aliphatic rings. The number of ether oxygens (including phenoxy) is 1. The van der Waals surface area contributed by atoms with Crippen molar-refractivity contribution in [3.8, 4) is 5.75 Å². The first-order valence-corrected chi connectivity index (χ1v) is 20.3. The molecule has 1 atom stereocenters. The lowest BCUT2D eigenvalue weighted by Crippen LogP contribution is -2.59. The zero-order valence-corrected chi connectivity index (χ0v) is 35.0. The third-order valence-electron chi connectivity index (χ3n) is 11.2. The number of carbonyl (C=O) groups excluding carboxylic acids is 2. The van der Waals surface area contributed by atoms with Gasteiger partial charge in [-0.1, -0.05) is 98.4 Å². The Balaban J connectivity index is 1.59. The van der Waals surface area contributed by atoms with Gasteiger partial charge in [-0.15, -0.1) is 0 Å². The first-order chi connectivity index (χ1) is 29.2. The molecule has 0 N–H and O–H groups in total. The molecule has 14 heteroatoms. The van der Waals surface area contributed by atoms with Gasteiger partial charge in [0.1, 0.15) is 11.5 Å². The highest BCUT2D eigenvalue weighted by molar-refractivity contribution is 6.27. The van der Waals surface area contributed by atoms with Crippen molar-refractivity contribution < 1.29 is 54.3 Å². The standard InChI is InChI=1S/C48H46F8N2O4/c1-7-9-14-31(8-2)25-58-39-20-19-32(42(57-62-30(6)59)35-17-12-13-18-40(35)61-26-46(51,52)48(55,56)47(53,54)45(49)50)23-36(39)37-24-38(33-15-10-11-16-34(33)43(37)58)44(60)41-28(4)21-27(3)22-29(41)5/h10-13,15-24,31,45H,7-9,14,25-26H2,1-6H3/b57-42-. The molecule has 6 rings (SSSR count). The van der Waals surface area contributed by atoms with E-state index in [1.807, 2.05) is 63.2 Å². The lowest BCUT2D eigenvalue weighted by molar-refractivity contribution is -0.342. The number of hydrogen-bond donors (Lipinski definition) is 0. The Labute approximate surface area is 353 Å². The molecule has 328 valence electrons. The van der Waals surface area contributed by atoms with E-state index in [9.17, 15) is 44.7 Å². The monoisotopic (exact) mass is 866 g/mol. The molecule has 0 amide bonds. The van der Waals surface area contributed by atoms with Crippen molar-refractivity contribution in [1.82, 2.24) is 4.57 Å². The van der Waals surface area contributed by atoms with E-state index < -0.39 is 42.5 Å². The van der Waals surface area contributed by atoms with Crippen molar-refractivity contribution in [3.05, 3.63) is 124 Å². The summed E-state index contributed by atoms with van der Waals surface area (Å²) in [7, 11) is 0. The van der Waals surface area contributed by atoms with Gasteiger partial charge in [-0.2, -0.15) is 26.3 Å². The normalized spacial score (nSPS) is 13.4. The van der Waals surface area contributed by atoms with Gasteiger partial charge in [0, 0.05) is 57.4 Å². The minimum absolute atomic E-state index is 0.179. The quantitative estimate of drug-likeness (QED) is 0.0301. The van der Waals surface area contributed by atoms with Gasteiger partial charge in [-0.3, -0.25) is 4.79 Å². The zero-order valence-electron chi connectivity index (χ0n) is 35.0. The summed E-state index contributed by atoms with van der Waals surface area (Å²) in [6.45, 7) is 9.26. The van der Waals surface area contributed by atoms with Crippen molar-refractivity contribution in [2.45, 2.75) is 98.0 Å². The number of alkyl halides is 8. The molecule has 0 bridgehead atoms. The zero-order chi connectivity index (χ0) is 45.3. The molecule has 0 radical (unpaired) electrons. The second-order valence-electron chi connectivity index (χ2n) is 15.7. The summed E-state index contributed by atoms with van der Waals surface area (Å²) in [5.41, 5.74) is 5.13. The summed E-state index contributed by atoms with van der Waals surface area (Å²) in [6.07, 6.45) is -1.21. The van der Waals surface area contributed by atoms with Crippen molar-refractivity contribution in [3.63, 3.8) is 0 Å². The first kappa shape index (κ1) is 45.7. The van der Waals surface area contributed by atoms with Crippen LogP contribution in [0.25, 0.3) is 32.6 Å². The molecule has 1 unspecified atom stereocenters. The number of unbranched alkanes of at least 4 members (excludes halogenated alkanes) is 1. The van der Waals surface area contributed by atoms with Gasteiger partial charge in [0.25, 0.3) is 0 Å². The van der Waals surface area contributed by atoms with E-state index in [4.69, 9.17) is 9.57 Å². The van der Waals surface area contributed by atoms with E-state index >= 15 is 0 Å². The van der Waals surface area contributed by atoms with Crippen LogP contribution in [0.15, 0.2) is 90.1 Å². The molecule has 62 heavy (non-hydrogen) atoms. The molecule has 6 aromatic rings. The SMILES string of the molecule is CCCCC(CC)Cn1c2ccc(/C(=N/OC(C)=O)c3ccccc3OCC(F)(F)C(F)(F)C(F)(F)C(F)F)cc2c2cc(C(=O)c3c(C)cc(C)cc3C)c3ccccc3c21. The van der Waals surface area contributed by atoms with Crippen LogP contribution in [0.1, 0.15) is 90.2 Å². The van der Waals surface area contributed by atoms with Crippen molar-refractivity contribution in [2.75, 3.05) is 6.61 Å². The van der Waals surface area contributed by atoms with Crippen LogP contribution in [0, 0.1) is 26.7 Å². The molecule has 6 nitrogen and oxygen atoms in total. The summed E-state index contributed by atoms with van der Waals surface area (Å²) in [5, 5.41) is 6.89. The Morgan fingerprint density at radius 3 is 2.05 bits per heavy atom. The van der Waals surface area contributed by atoms with Crippen LogP contribution in [0.4, 0.5) is 35.1 Å². The largest absolute Gasteiger partial charge is 0.486 e. The molecule has 0 aliphatic heterocycles. The number of nitrogens with zero attached hydrogens (tertiary/aromatic N) is 2. The predicted molar refractivity (Wildman–Crippen MR) is 225 cm³/mol. The van der Waals surface area contributed by atoms with Gasteiger partial charge in [-0.05, 0) is 80.0 Å². The van der Waals surface area contributed by atoms with Gasteiger partial charge >= 0.3 is 30.2 Å². The highest BCUT2D eigenvalue weighted by Gasteiger charge is 2.75.